The predicted octanol–water partition coefficient (Wildman–Crippen LogP) is 4.05. The number of rotatable bonds is 12. The summed E-state index contributed by atoms with van der Waals surface area (Å²) in [6, 6.07) is 0. The van der Waals surface area contributed by atoms with Crippen LogP contribution in [0.1, 0.15) is 78.1 Å². The zero-order valence-electron chi connectivity index (χ0n) is 12.7. The number of methoxy groups -OCH3 is 1. The van der Waals surface area contributed by atoms with Crippen LogP contribution in [0.2, 0.25) is 0 Å². The highest BCUT2D eigenvalue weighted by atomic mass is 16.5. The second kappa shape index (κ2) is 18.8. The SMILES string of the molecule is CC.COCCCCCCCCCCCC(N)=O. The Morgan fingerprint density at radius 1 is 0.833 bits per heavy atom. The number of amides is 1. The van der Waals surface area contributed by atoms with Crippen LogP contribution in [-0.4, -0.2) is 19.6 Å². The molecule has 0 aromatic carbocycles. The summed E-state index contributed by atoms with van der Waals surface area (Å²) in [5.41, 5.74) is 5.06. The van der Waals surface area contributed by atoms with Gasteiger partial charge in [-0.1, -0.05) is 58.8 Å². The third-order valence-corrected chi connectivity index (χ3v) is 2.77. The molecule has 0 unspecified atom stereocenters. The van der Waals surface area contributed by atoms with Gasteiger partial charge in [-0.25, -0.2) is 0 Å². The molecule has 3 nitrogen and oxygen atoms in total. The van der Waals surface area contributed by atoms with Crippen LogP contribution in [0.15, 0.2) is 0 Å². The van der Waals surface area contributed by atoms with E-state index in [1.807, 2.05) is 13.8 Å². The number of hydrogen-bond acceptors (Lipinski definition) is 2. The Kier molecular flexibility index (Phi) is 20.6. The molecule has 3 heteroatoms. The van der Waals surface area contributed by atoms with Crippen LogP contribution < -0.4 is 5.73 Å². The maximum Gasteiger partial charge on any atom is 0.217 e. The van der Waals surface area contributed by atoms with Crippen LogP contribution in [0, 0.1) is 0 Å². The van der Waals surface area contributed by atoms with Crippen molar-refractivity contribution in [3.05, 3.63) is 0 Å². The third kappa shape index (κ3) is 20.8. The van der Waals surface area contributed by atoms with Gasteiger partial charge in [0.15, 0.2) is 0 Å². The average Bonchev–Trinajstić information content (AvgIpc) is 2.38. The van der Waals surface area contributed by atoms with Crippen molar-refractivity contribution in [2.75, 3.05) is 13.7 Å². The molecule has 18 heavy (non-hydrogen) atoms. The van der Waals surface area contributed by atoms with Gasteiger partial charge in [-0.2, -0.15) is 0 Å². The number of carbonyl (C=O) groups is 1. The molecule has 0 aliphatic carbocycles. The average molecular weight is 259 g/mol. The van der Waals surface area contributed by atoms with Crippen LogP contribution >= 0.6 is 0 Å². The molecule has 0 atom stereocenters. The van der Waals surface area contributed by atoms with E-state index in [0.717, 1.165) is 19.4 Å². The van der Waals surface area contributed by atoms with Crippen molar-refractivity contribution in [1.82, 2.24) is 0 Å². The van der Waals surface area contributed by atoms with Gasteiger partial charge in [0, 0.05) is 20.1 Å². The predicted molar refractivity (Wildman–Crippen MR) is 78.6 cm³/mol. The molecule has 110 valence electrons. The van der Waals surface area contributed by atoms with Crippen molar-refractivity contribution in [3.8, 4) is 0 Å². The molecule has 0 fully saturated rings. The van der Waals surface area contributed by atoms with Crippen molar-refractivity contribution in [3.63, 3.8) is 0 Å². The third-order valence-electron chi connectivity index (χ3n) is 2.77. The Labute approximate surface area is 113 Å². The van der Waals surface area contributed by atoms with E-state index < -0.39 is 0 Å². The smallest absolute Gasteiger partial charge is 0.217 e. The fourth-order valence-electron chi connectivity index (χ4n) is 1.78. The highest BCUT2D eigenvalue weighted by molar-refractivity contribution is 5.73. The van der Waals surface area contributed by atoms with Gasteiger partial charge in [-0.05, 0) is 12.8 Å². The summed E-state index contributed by atoms with van der Waals surface area (Å²) in [5, 5.41) is 0. The molecular formula is C15H33NO2. The van der Waals surface area contributed by atoms with Gasteiger partial charge in [-0.3, -0.25) is 4.79 Å². The summed E-state index contributed by atoms with van der Waals surface area (Å²) >= 11 is 0. The number of hydrogen-bond donors (Lipinski definition) is 1. The Balaban J connectivity index is 0. The largest absolute Gasteiger partial charge is 0.385 e. The number of nitrogens with two attached hydrogens (primary N) is 1. The molecule has 0 aliphatic heterocycles. The molecule has 0 rings (SSSR count). The van der Waals surface area contributed by atoms with Crippen LogP contribution in [0.5, 0.6) is 0 Å². The van der Waals surface area contributed by atoms with Gasteiger partial charge < -0.3 is 10.5 Å². The minimum atomic E-state index is -0.168. The summed E-state index contributed by atoms with van der Waals surface area (Å²) in [6.45, 7) is 4.90. The lowest BCUT2D eigenvalue weighted by atomic mass is 10.1. The fraction of sp³-hybridized carbons (Fsp3) is 0.933. The first-order valence-electron chi connectivity index (χ1n) is 7.54. The fourth-order valence-corrected chi connectivity index (χ4v) is 1.78. The molecule has 2 N–H and O–H groups in total. The van der Waals surface area contributed by atoms with Crippen molar-refractivity contribution >= 4 is 5.91 Å². The molecule has 0 saturated heterocycles. The number of carbonyl (C=O) groups excluding carboxylic acids is 1. The van der Waals surface area contributed by atoms with E-state index >= 15 is 0 Å². The van der Waals surface area contributed by atoms with Gasteiger partial charge in [0.05, 0.1) is 0 Å². The van der Waals surface area contributed by atoms with Gasteiger partial charge in [-0.15, -0.1) is 0 Å². The van der Waals surface area contributed by atoms with E-state index in [9.17, 15) is 4.79 Å². The standard InChI is InChI=1S/C13H27NO2.C2H6/c1-16-12-10-8-6-4-2-3-5-7-9-11-13(14)15;1-2/h2-12H2,1H3,(H2,14,15);1-2H3. The van der Waals surface area contributed by atoms with Gasteiger partial charge >= 0.3 is 0 Å². The second-order valence-electron chi connectivity index (χ2n) is 4.39. The summed E-state index contributed by atoms with van der Waals surface area (Å²) in [6.07, 6.45) is 11.7. The summed E-state index contributed by atoms with van der Waals surface area (Å²) < 4.78 is 5.00. The van der Waals surface area contributed by atoms with Gasteiger partial charge in [0.25, 0.3) is 0 Å². The minimum absolute atomic E-state index is 0.168. The van der Waals surface area contributed by atoms with Crippen molar-refractivity contribution < 1.29 is 9.53 Å². The maximum absolute atomic E-state index is 10.5. The normalized spacial score (nSPS) is 9.72. The Morgan fingerprint density at radius 3 is 1.61 bits per heavy atom. The van der Waals surface area contributed by atoms with E-state index in [4.69, 9.17) is 10.5 Å². The first-order valence-corrected chi connectivity index (χ1v) is 7.54. The second-order valence-corrected chi connectivity index (χ2v) is 4.39. The first-order chi connectivity index (χ1) is 8.77. The minimum Gasteiger partial charge on any atom is -0.385 e. The highest BCUT2D eigenvalue weighted by Crippen LogP contribution is 2.10. The number of ether oxygens (including phenoxy) is 1. The topological polar surface area (TPSA) is 52.3 Å². The lowest BCUT2D eigenvalue weighted by Crippen LogP contribution is -2.09. The van der Waals surface area contributed by atoms with Crippen molar-refractivity contribution in [2.45, 2.75) is 78.1 Å². The monoisotopic (exact) mass is 259 g/mol. The van der Waals surface area contributed by atoms with E-state index in [2.05, 4.69) is 0 Å². The van der Waals surface area contributed by atoms with Crippen LogP contribution in [-0.2, 0) is 9.53 Å². The van der Waals surface area contributed by atoms with Gasteiger partial charge in [0.1, 0.15) is 0 Å². The summed E-state index contributed by atoms with van der Waals surface area (Å²) in [7, 11) is 1.76. The summed E-state index contributed by atoms with van der Waals surface area (Å²) in [4.78, 5) is 10.5. The van der Waals surface area contributed by atoms with Crippen molar-refractivity contribution in [1.29, 1.82) is 0 Å². The summed E-state index contributed by atoms with van der Waals surface area (Å²) in [5.74, 6) is -0.168. The van der Waals surface area contributed by atoms with E-state index in [0.29, 0.717) is 6.42 Å². The molecule has 0 spiro atoms. The molecule has 0 heterocycles. The van der Waals surface area contributed by atoms with Gasteiger partial charge in [0.2, 0.25) is 5.91 Å². The molecule has 0 aromatic heterocycles. The van der Waals surface area contributed by atoms with Crippen LogP contribution in [0.4, 0.5) is 0 Å². The molecular weight excluding hydrogens is 226 g/mol. The lowest BCUT2D eigenvalue weighted by molar-refractivity contribution is -0.118. The molecule has 0 saturated carbocycles. The lowest BCUT2D eigenvalue weighted by Gasteiger charge is -2.01. The Morgan fingerprint density at radius 2 is 1.22 bits per heavy atom. The molecule has 0 aliphatic rings. The van der Waals surface area contributed by atoms with Crippen LogP contribution in [0.25, 0.3) is 0 Å². The highest BCUT2D eigenvalue weighted by Gasteiger charge is 1.95. The Bertz CT molecular complexity index is 161. The number of unbranched alkanes of at least 4 members (excludes halogenated alkanes) is 8. The first kappa shape index (κ1) is 19.8. The molecule has 0 aromatic rings. The molecule has 0 bridgehead atoms. The van der Waals surface area contributed by atoms with Crippen molar-refractivity contribution in [2.24, 2.45) is 5.73 Å². The Hall–Kier alpha value is -0.570. The zero-order chi connectivity index (χ0) is 14.1. The van der Waals surface area contributed by atoms with E-state index in [1.165, 1.54) is 44.9 Å². The maximum atomic E-state index is 10.5. The number of primary amides is 1. The van der Waals surface area contributed by atoms with E-state index in [1.54, 1.807) is 7.11 Å². The molecule has 1 amide bonds. The molecule has 0 radical (unpaired) electrons. The zero-order valence-corrected chi connectivity index (χ0v) is 12.7. The van der Waals surface area contributed by atoms with Crippen LogP contribution in [0.3, 0.4) is 0 Å². The quantitative estimate of drug-likeness (QED) is 0.538. The van der Waals surface area contributed by atoms with E-state index in [-0.39, 0.29) is 5.91 Å².